The highest BCUT2D eigenvalue weighted by Crippen LogP contribution is 2.31. The lowest BCUT2D eigenvalue weighted by Crippen LogP contribution is -2.32. The van der Waals surface area contributed by atoms with Crippen LogP contribution in [-0.4, -0.2) is 15.6 Å². The average molecular weight is 447 g/mol. The number of carboxylic acids is 1. The van der Waals surface area contributed by atoms with Gasteiger partial charge in [0.25, 0.3) is 0 Å². The molecule has 0 saturated carbocycles. The van der Waals surface area contributed by atoms with E-state index in [9.17, 15) is 9.90 Å². The van der Waals surface area contributed by atoms with Gasteiger partial charge in [-0.25, -0.2) is 0 Å². The van der Waals surface area contributed by atoms with E-state index in [1.165, 1.54) is 5.56 Å². The number of carboxylic acid groups (broad SMARTS) is 1. The van der Waals surface area contributed by atoms with E-state index in [1.807, 2.05) is 109 Å². The summed E-state index contributed by atoms with van der Waals surface area (Å²) in [6.45, 7) is 0.675. The Morgan fingerprint density at radius 2 is 1.26 bits per heavy atom. The third-order valence-electron chi connectivity index (χ3n) is 6.17. The number of aromatic nitrogens is 1. The first-order valence-electron chi connectivity index (χ1n) is 11.4. The fraction of sp³-hybridized carbons (Fsp3) is 0.100. The lowest BCUT2D eigenvalue weighted by atomic mass is 9.96. The number of hydrogen-bond donors (Lipinski definition) is 2. The fourth-order valence-electron chi connectivity index (χ4n) is 4.55. The molecular formula is C30H26N2O2. The summed E-state index contributed by atoms with van der Waals surface area (Å²) in [5.41, 5.74) is 4.99. The number of nitrogens with zero attached hydrogens (tertiary/aromatic N) is 1. The van der Waals surface area contributed by atoms with Crippen LogP contribution in [0.1, 0.15) is 34.3 Å². The fourth-order valence-corrected chi connectivity index (χ4v) is 4.55. The molecule has 0 aliphatic carbocycles. The van der Waals surface area contributed by atoms with E-state index in [0.29, 0.717) is 6.54 Å². The van der Waals surface area contributed by atoms with E-state index in [2.05, 4.69) is 22.0 Å². The Morgan fingerprint density at radius 3 is 1.85 bits per heavy atom. The first kappa shape index (κ1) is 21.7. The summed E-state index contributed by atoms with van der Waals surface area (Å²) in [5.74, 6) is -0.903. The van der Waals surface area contributed by atoms with Crippen molar-refractivity contribution in [2.24, 2.45) is 0 Å². The summed E-state index contributed by atoms with van der Waals surface area (Å²) >= 11 is 0. The topological polar surface area (TPSA) is 54.3 Å². The van der Waals surface area contributed by atoms with Crippen LogP contribution in [0, 0.1) is 0 Å². The van der Waals surface area contributed by atoms with Gasteiger partial charge in [0.15, 0.2) is 0 Å². The molecule has 5 rings (SSSR count). The summed E-state index contributed by atoms with van der Waals surface area (Å²) in [7, 11) is 0. The smallest absolute Gasteiger partial charge is 0.325 e. The van der Waals surface area contributed by atoms with Gasteiger partial charge in [0.2, 0.25) is 0 Å². The van der Waals surface area contributed by atoms with Gasteiger partial charge in [-0.05, 0) is 22.8 Å². The quantitative estimate of drug-likeness (QED) is 0.299. The van der Waals surface area contributed by atoms with Crippen molar-refractivity contribution in [1.29, 1.82) is 0 Å². The summed E-state index contributed by atoms with van der Waals surface area (Å²) in [6, 6.07) is 37.1. The van der Waals surface area contributed by atoms with Gasteiger partial charge in [-0.3, -0.25) is 10.1 Å². The summed E-state index contributed by atoms with van der Waals surface area (Å²) in [5, 5.41) is 14.8. The third-order valence-corrected chi connectivity index (χ3v) is 6.17. The highest BCUT2D eigenvalue weighted by atomic mass is 16.4. The van der Waals surface area contributed by atoms with Crippen LogP contribution in [-0.2, 0) is 11.3 Å². The van der Waals surface area contributed by atoms with Gasteiger partial charge in [0, 0.05) is 29.2 Å². The predicted molar refractivity (Wildman–Crippen MR) is 136 cm³/mol. The minimum absolute atomic E-state index is 0.264. The first-order chi connectivity index (χ1) is 16.7. The van der Waals surface area contributed by atoms with Gasteiger partial charge in [-0.2, -0.15) is 0 Å². The predicted octanol–water partition coefficient (Wildman–Crippen LogP) is 6.19. The molecule has 0 aliphatic rings. The van der Waals surface area contributed by atoms with Crippen LogP contribution < -0.4 is 5.32 Å². The monoisotopic (exact) mass is 446 g/mol. The van der Waals surface area contributed by atoms with Crippen molar-refractivity contribution in [3.8, 4) is 0 Å². The molecule has 0 fully saturated rings. The molecule has 1 unspecified atom stereocenters. The maximum absolute atomic E-state index is 12.6. The van der Waals surface area contributed by atoms with Gasteiger partial charge in [-0.1, -0.05) is 109 Å². The zero-order chi connectivity index (χ0) is 23.3. The molecule has 0 aliphatic heterocycles. The van der Waals surface area contributed by atoms with Crippen molar-refractivity contribution in [3.05, 3.63) is 144 Å². The lowest BCUT2D eigenvalue weighted by molar-refractivity contribution is -0.139. The van der Waals surface area contributed by atoms with Crippen LogP contribution in [0.2, 0.25) is 0 Å². The van der Waals surface area contributed by atoms with Crippen LogP contribution in [0.3, 0.4) is 0 Å². The molecular weight excluding hydrogens is 420 g/mol. The van der Waals surface area contributed by atoms with Crippen LogP contribution >= 0.6 is 0 Å². The van der Waals surface area contributed by atoms with Crippen molar-refractivity contribution in [3.63, 3.8) is 0 Å². The maximum atomic E-state index is 12.6. The zero-order valence-corrected chi connectivity index (χ0v) is 18.7. The molecule has 0 radical (unpaired) electrons. The van der Waals surface area contributed by atoms with Gasteiger partial charge < -0.3 is 9.67 Å². The Hall–Kier alpha value is -4.15. The molecule has 0 spiro atoms. The molecule has 34 heavy (non-hydrogen) atoms. The van der Waals surface area contributed by atoms with Crippen molar-refractivity contribution in [1.82, 2.24) is 9.88 Å². The van der Waals surface area contributed by atoms with Crippen molar-refractivity contribution in [2.75, 3.05) is 0 Å². The number of benzene rings is 4. The van der Waals surface area contributed by atoms with E-state index < -0.39 is 12.0 Å². The van der Waals surface area contributed by atoms with Crippen LogP contribution in [0.15, 0.2) is 121 Å². The molecule has 4 aromatic carbocycles. The van der Waals surface area contributed by atoms with Gasteiger partial charge in [0.05, 0.1) is 6.04 Å². The Labute approximate surface area is 199 Å². The highest BCUT2D eigenvalue weighted by Gasteiger charge is 2.28. The van der Waals surface area contributed by atoms with E-state index in [4.69, 9.17) is 0 Å². The SMILES string of the molecule is O=C(O)C(NC(c1ccccc1)c1ccccc1)c1cn(Cc2ccccc2)c2ccccc12. The molecule has 0 bridgehead atoms. The first-order valence-corrected chi connectivity index (χ1v) is 11.4. The molecule has 168 valence electrons. The minimum Gasteiger partial charge on any atom is -0.480 e. The second kappa shape index (κ2) is 9.77. The molecule has 1 aromatic heterocycles. The maximum Gasteiger partial charge on any atom is 0.325 e. The van der Waals surface area contributed by atoms with Crippen LogP contribution in [0.25, 0.3) is 10.9 Å². The van der Waals surface area contributed by atoms with Crippen molar-refractivity contribution in [2.45, 2.75) is 18.6 Å². The normalized spacial score (nSPS) is 12.1. The Bertz CT molecular complexity index is 1340. The van der Waals surface area contributed by atoms with E-state index in [1.54, 1.807) is 0 Å². The van der Waals surface area contributed by atoms with Crippen molar-refractivity contribution < 1.29 is 9.90 Å². The number of para-hydroxylation sites is 1. The molecule has 4 nitrogen and oxygen atoms in total. The number of rotatable bonds is 8. The van der Waals surface area contributed by atoms with Crippen LogP contribution in [0.4, 0.5) is 0 Å². The van der Waals surface area contributed by atoms with E-state index >= 15 is 0 Å². The summed E-state index contributed by atoms with van der Waals surface area (Å²) < 4.78 is 2.14. The number of nitrogens with one attached hydrogen (secondary N) is 1. The molecule has 0 saturated heterocycles. The number of aliphatic carboxylic acids is 1. The molecule has 2 N–H and O–H groups in total. The summed E-state index contributed by atoms with van der Waals surface area (Å²) in [4.78, 5) is 12.6. The largest absolute Gasteiger partial charge is 0.480 e. The molecule has 1 atom stereocenters. The molecule has 4 heteroatoms. The highest BCUT2D eigenvalue weighted by molar-refractivity contribution is 5.89. The minimum atomic E-state index is -0.903. The van der Waals surface area contributed by atoms with E-state index in [0.717, 1.165) is 27.6 Å². The second-order valence-electron chi connectivity index (χ2n) is 8.41. The molecule has 1 heterocycles. The standard InChI is InChI=1S/C30H26N2O2/c33-30(34)29(31-28(23-14-6-2-7-15-23)24-16-8-3-9-17-24)26-21-32(20-22-12-4-1-5-13-22)27-19-11-10-18-25(26)27/h1-19,21,28-29,31H,20H2,(H,33,34). The number of hydrogen-bond acceptors (Lipinski definition) is 2. The number of carbonyl (C=O) groups is 1. The average Bonchev–Trinajstić information content (AvgIpc) is 3.24. The molecule has 0 amide bonds. The third kappa shape index (κ3) is 4.49. The zero-order valence-electron chi connectivity index (χ0n) is 18.7. The Kier molecular flexibility index (Phi) is 6.23. The second-order valence-corrected chi connectivity index (χ2v) is 8.41. The van der Waals surface area contributed by atoms with Gasteiger partial charge >= 0.3 is 5.97 Å². The van der Waals surface area contributed by atoms with E-state index in [-0.39, 0.29) is 6.04 Å². The summed E-state index contributed by atoms with van der Waals surface area (Å²) in [6.07, 6.45) is 1.98. The Balaban J connectivity index is 1.58. The lowest BCUT2D eigenvalue weighted by Gasteiger charge is -2.24. The molecule has 5 aromatic rings. The van der Waals surface area contributed by atoms with Gasteiger partial charge in [0.1, 0.15) is 6.04 Å². The van der Waals surface area contributed by atoms with Gasteiger partial charge in [-0.15, -0.1) is 0 Å². The Morgan fingerprint density at radius 1 is 0.735 bits per heavy atom. The van der Waals surface area contributed by atoms with Crippen molar-refractivity contribution >= 4 is 16.9 Å². The number of fused-ring (bicyclic) bond motifs is 1. The van der Waals surface area contributed by atoms with Crippen LogP contribution in [0.5, 0.6) is 0 Å².